The molecule has 0 amide bonds. The van der Waals surface area contributed by atoms with E-state index in [2.05, 4.69) is 26.9 Å². The molecule has 2 saturated carbocycles. The molecule has 0 radical (unpaired) electrons. The van der Waals surface area contributed by atoms with E-state index in [1.807, 2.05) is 0 Å². The van der Waals surface area contributed by atoms with E-state index in [0.717, 1.165) is 17.8 Å². The summed E-state index contributed by atoms with van der Waals surface area (Å²) < 4.78 is 4.67. The number of nitrogens with zero attached hydrogens (tertiary/aromatic N) is 2. The van der Waals surface area contributed by atoms with Gasteiger partial charge in [0.1, 0.15) is 5.82 Å². The van der Waals surface area contributed by atoms with Gasteiger partial charge in [0.05, 0.1) is 19.5 Å². The monoisotopic (exact) mass is 275 g/mol. The minimum absolute atomic E-state index is 0.248. The molecule has 4 unspecified atom stereocenters. The molecule has 4 atom stereocenters. The maximum Gasteiger partial charge on any atom is 0.358 e. The number of anilines is 1. The van der Waals surface area contributed by atoms with Crippen molar-refractivity contribution in [3.05, 3.63) is 18.1 Å². The van der Waals surface area contributed by atoms with Gasteiger partial charge in [-0.2, -0.15) is 0 Å². The molecular weight excluding hydrogens is 254 g/mol. The molecule has 1 aromatic rings. The lowest BCUT2D eigenvalue weighted by Crippen LogP contribution is -2.30. The zero-order valence-corrected chi connectivity index (χ0v) is 12.0. The molecule has 20 heavy (non-hydrogen) atoms. The predicted molar refractivity (Wildman–Crippen MR) is 75.4 cm³/mol. The highest BCUT2D eigenvalue weighted by molar-refractivity contribution is 5.87. The molecule has 108 valence electrons. The molecule has 5 heteroatoms. The largest absolute Gasteiger partial charge is 0.464 e. The highest BCUT2D eigenvalue weighted by Crippen LogP contribution is 2.49. The van der Waals surface area contributed by atoms with Crippen molar-refractivity contribution in [2.45, 2.75) is 38.6 Å². The van der Waals surface area contributed by atoms with Crippen LogP contribution in [0.3, 0.4) is 0 Å². The summed E-state index contributed by atoms with van der Waals surface area (Å²) in [6, 6.07) is 0.368. The number of carbonyl (C=O) groups excluding carboxylic acids is 1. The van der Waals surface area contributed by atoms with Gasteiger partial charge in [-0.05, 0) is 43.9 Å². The highest BCUT2D eigenvalue weighted by Gasteiger charge is 2.41. The molecule has 2 bridgehead atoms. The van der Waals surface area contributed by atoms with Crippen LogP contribution >= 0.6 is 0 Å². The number of hydrogen-bond acceptors (Lipinski definition) is 5. The average molecular weight is 275 g/mol. The Bertz CT molecular complexity index is 506. The van der Waals surface area contributed by atoms with Crippen LogP contribution in [-0.4, -0.2) is 29.1 Å². The van der Waals surface area contributed by atoms with Gasteiger partial charge in [0.2, 0.25) is 0 Å². The molecule has 2 aliphatic rings. The fraction of sp³-hybridized carbons (Fsp3) is 0.667. The Kier molecular flexibility index (Phi) is 3.59. The summed E-state index contributed by atoms with van der Waals surface area (Å²) in [4.78, 5) is 19.8. The lowest BCUT2D eigenvalue weighted by molar-refractivity contribution is 0.0593. The van der Waals surface area contributed by atoms with Crippen LogP contribution in [0.5, 0.6) is 0 Å². The molecule has 0 spiro atoms. The molecule has 0 aliphatic heterocycles. The first-order valence-corrected chi connectivity index (χ1v) is 7.34. The van der Waals surface area contributed by atoms with E-state index in [0.29, 0.717) is 11.9 Å². The van der Waals surface area contributed by atoms with Crippen LogP contribution in [0.25, 0.3) is 0 Å². The van der Waals surface area contributed by atoms with Gasteiger partial charge in [0.25, 0.3) is 0 Å². The first-order chi connectivity index (χ1) is 9.67. The third-order valence-corrected chi connectivity index (χ3v) is 4.84. The van der Waals surface area contributed by atoms with E-state index in [9.17, 15) is 4.79 Å². The van der Waals surface area contributed by atoms with Crippen LogP contribution < -0.4 is 5.32 Å². The van der Waals surface area contributed by atoms with E-state index in [1.54, 1.807) is 6.20 Å². The number of fused-ring (bicyclic) bond motifs is 2. The van der Waals surface area contributed by atoms with Crippen LogP contribution in [-0.2, 0) is 4.74 Å². The molecule has 1 heterocycles. The zero-order valence-electron chi connectivity index (χ0n) is 12.0. The van der Waals surface area contributed by atoms with Crippen molar-refractivity contribution in [3.63, 3.8) is 0 Å². The van der Waals surface area contributed by atoms with Crippen molar-refractivity contribution >= 4 is 11.8 Å². The summed E-state index contributed by atoms with van der Waals surface area (Å²) in [5.74, 6) is 2.72. The van der Waals surface area contributed by atoms with Gasteiger partial charge in [-0.3, -0.25) is 4.98 Å². The van der Waals surface area contributed by atoms with Crippen molar-refractivity contribution in [1.29, 1.82) is 0 Å². The SMILES string of the molecule is COC(=O)c1cncc(NC(C)C2CC3CCC2C3)n1. The molecule has 2 fully saturated rings. The molecule has 5 nitrogen and oxygen atoms in total. The van der Waals surface area contributed by atoms with Gasteiger partial charge in [0, 0.05) is 6.04 Å². The third-order valence-electron chi connectivity index (χ3n) is 4.84. The Balaban J connectivity index is 1.67. The number of aromatic nitrogens is 2. The van der Waals surface area contributed by atoms with Gasteiger partial charge in [-0.25, -0.2) is 9.78 Å². The summed E-state index contributed by atoms with van der Waals surface area (Å²) in [6.07, 6.45) is 8.59. The summed E-state index contributed by atoms with van der Waals surface area (Å²) in [5, 5.41) is 3.41. The van der Waals surface area contributed by atoms with Gasteiger partial charge in [-0.1, -0.05) is 6.42 Å². The molecular formula is C15H21N3O2. The van der Waals surface area contributed by atoms with Crippen LogP contribution in [0, 0.1) is 17.8 Å². The Morgan fingerprint density at radius 1 is 1.40 bits per heavy atom. The predicted octanol–water partition coefficient (Wildman–Crippen LogP) is 2.50. The minimum atomic E-state index is -0.450. The maximum absolute atomic E-state index is 11.5. The minimum Gasteiger partial charge on any atom is -0.464 e. The number of rotatable bonds is 4. The van der Waals surface area contributed by atoms with Gasteiger partial charge >= 0.3 is 5.97 Å². The summed E-state index contributed by atoms with van der Waals surface area (Å²) in [5.41, 5.74) is 0.248. The van der Waals surface area contributed by atoms with E-state index in [4.69, 9.17) is 0 Å². The number of methoxy groups -OCH3 is 1. The molecule has 2 aliphatic carbocycles. The second-order valence-corrected chi connectivity index (χ2v) is 6.05. The third kappa shape index (κ3) is 2.49. The smallest absolute Gasteiger partial charge is 0.358 e. The first-order valence-electron chi connectivity index (χ1n) is 7.34. The van der Waals surface area contributed by atoms with E-state index in [1.165, 1.54) is 39.0 Å². The van der Waals surface area contributed by atoms with Crippen molar-refractivity contribution in [2.75, 3.05) is 12.4 Å². The number of hydrogen-bond donors (Lipinski definition) is 1. The van der Waals surface area contributed by atoms with Gasteiger partial charge in [0.15, 0.2) is 5.69 Å². The van der Waals surface area contributed by atoms with Gasteiger partial charge < -0.3 is 10.1 Å². The van der Waals surface area contributed by atoms with E-state index < -0.39 is 5.97 Å². The number of esters is 1. The average Bonchev–Trinajstić information content (AvgIpc) is 3.09. The summed E-state index contributed by atoms with van der Waals surface area (Å²) >= 11 is 0. The Morgan fingerprint density at radius 3 is 2.90 bits per heavy atom. The number of ether oxygens (including phenoxy) is 1. The van der Waals surface area contributed by atoms with Crippen molar-refractivity contribution in [1.82, 2.24) is 9.97 Å². The van der Waals surface area contributed by atoms with Crippen LogP contribution in [0.2, 0.25) is 0 Å². The van der Waals surface area contributed by atoms with Crippen LogP contribution in [0.1, 0.15) is 43.1 Å². The second kappa shape index (κ2) is 5.38. The number of nitrogens with one attached hydrogen (secondary N) is 1. The number of carbonyl (C=O) groups is 1. The molecule has 1 N–H and O–H groups in total. The Labute approximate surface area is 119 Å². The fourth-order valence-electron chi connectivity index (χ4n) is 3.89. The normalized spacial score (nSPS) is 29.2. The van der Waals surface area contributed by atoms with Crippen LogP contribution in [0.4, 0.5) is 5.82 Å². The quantitative estimate of drug-likeness (QED) is 0.855. The maximum atomic E-state index is 11.5. The van der Waals surface area contributed by atoms with Crippen molar-refractivity contribution in [2.24, 2.45) is 17.8 Å². The molecule has 1 aromatic heterocycles. The van der Waals surface area contributed by atoms with E-state index in [-0.39, 0.29) is 5.69 Å². The lowest BCUT2D eigenvalue weighted by Gasteiger charge is -2.28. The second-order valence-electron chi connectivity index (χ2n) is 6.05. The molecule has 0 aromatic carbocycles. The van der Waals surface area contributed by atoms with Crippen LogP contribution in [0.15, 0.2) is 12.4 Å². The molecule has 0 saturated heterocycles. The van der Waals surface area contributed by atoms with Gasteiger partial charge in [-0.15, -0.1) is 0 Å². The lowest BCUT2D eigenvalue weighted by atomic mass is 9.84. The topological polar surface area (TPSA) is 64.1 Å². The standard InChI is InChI=1S/C15H21N3O2/c1-9(12-6-10-3-4-11(12)5-10)17-14-8-16-7-13(18-14)15(19)20-2/h7-12H,3-6H2,1-2H3,(H,17,18). The van der Waals surface area contributed by atoms with E-state index >= 15 is 0 Å². The van der Waals surface area contributed by atoms with Crippen molar-refractivity contribution < 1.29 is 9.53 Å². The fourth-order valence-corrected chi connectivity index (χ4v) is 3.89. The highest BCUT2D eigenvalue weighted by atomic mass is 16.5. The Hall–Kier alpha value is -1.65. The Morgan fingerprint density at radius 2 is 2.25 bits per heavy atom. The van der Waals surface area contributed by atoms with Crippen molar-refractivity contribution in [3.8, 4) is 0 Å². The zero-order chi connectivity index (χ0) is 14.1. The molecule has 3 rings (SSSR count). The summed E-state index contributed by atoms with van der Waals surface area (Å²) in [6.45, 7) is 2.21. The summed E-state index contributed by atoms with van der Waals surface area (Å²) in [7, 11) is 1.35. The first kappa shape index (κ1) is 13.3.